The van der Waals surface area contributed by atoms with Crippen LogP contribution in [0.4, 0.5) is 0 Å². The molecule has 0 saturated carbocycles. The quantitative estimate of drug-likeness (QED) is 0.0577. The standard InChI is InChI=1S/C48H84O6/c1-4-7-10-13-16-19-22-25-28-31-34-37-40-41(38-35-32-29-26-23-20-17-14-11-8-5-2)44(47(51)52)45(48(53)54)42(43(40)46(49)50)39-36-33-30-27-24-21-18-15-12-9-6-3/h4-39H2,1-3H3,(H,49,50)(H,51,52)(H,53,54). The Kier molecular flexibility index (Phi) is 31.2. The van der Waals surface area contributed by atoms with Crippen LogP contribution in [0.5, 0.6) is 0 Å². The number of hydrogen-bond donors (Lipinski definition) is 3. The molecule has 54 heavy (non-hydrogen) atoms. The summed E-state index contributed by atoms with van der Waals surface area (Å²) in [7, 11) is 0. The van der Waals surface area contributed by atoms with Crippen LogP contribution in [0, 0.1) is 0 Å². The molecule has 1 aromatic rings. The van der Waals surface area contributed by atoms with E-state index in [0.717, 1.165) is 70.6 Å². The number of carbonyl (C=O) groups is 3. The minimum Gasteiger partial charge on any atom is -0.478 e. The number of aromatic carboxylic acids is 3. The number of rotatable bonds is 39. The summed E-state index contributed by atoms with van der Waals surface area (Å²) >= 11 is 0. The molecule has 3 N–H and O–H groups in total. The van der Waals surface area contributed by atoms with Gasteiger partial charge in [-0.2, -0.15) is 0 Å². The van der Waals surface area contributed by atoms with Gasteiger partial charge in [0.25, 0.3) is 0 Å². The van der Waals surface area contributed by atoms with Crippen LogP contribution >= 0.6 is 0 Å². The van der Waals surface area contributed by atoms with Gasteiger partial charge in [0.05, 0.1) is 16.7 Å². The Labute approximate surface area is 332 Å². The van der Waals surface area contributed by atoms with E-state index in [-0.39, 0.29) is 28.7 Å². The van der Waals surface area contributed by atoms with E-state index in [1.165, 1.54) is 135 Å². The van der Waals surface area contributed by atoms with Crippen LogP contribution < -0.4 is 0 Å². The predicted molar refractivity (Wildman–Crippen MR) is 228 cm³/mol. The summed E-state index contributed by atoms with van der Waals surface area (Å²) < 4.78 is 0. The van der Waals surface area contributed by atoms with Crippen molar-refractivity contribution in [3.8, 4) is 0 Å². The lowest BCUT2D eigenvalue weighted by molar-refractivity contribution is 0.0646. The molecule has 0 heterocycles. The SMILES string of the molecule is CCCCCCCCCCCCCc1c(CCCCCCCCCCCCC)c(C(=O)O)c(C(=O)O)c(CCCCCCCCCCCCC)c1C(=O)O. The maximum atomic E-state index is 13.1. The average Bonchev–Trinajstić information content (AvgIpc) is 3.14. The lowest BCUT2D eigenvalue weighted by Crippen LogP contribution is -2.22. The van der Waals surface area contributed by atoms with Gasteiger partial charge in [-0.3, -0.25) is 0 Å². The van der Waals surface area contributed by atoms with Gasteiger partial charge in [0.1, 0.15) is 0 Å². The van der Waals surface area contributed by atoms with E-state index in [0.29, 0.717) is 30.4 Å². The summed E-state index contributed by atoms with van der Waals surface area (Å²) in [6.45, 7) is 6.71. The van der Waals surface area contributed by atoms with E-state index in [2.05, 4.69) is 20.8 Å². The molecule has 1 aromatic carbocycles. The number of carboxylic acids is 3. The fraction of sp³-hybridized carbons (Fsp3) is 0.812. The fourth-order valence-corrected chi connectivity index (χ4v) is 8.34. The van der Waals surface area contributed by atoms with E-state index < -0.39 is 17.9 Å². The molecule has 0 spiro atoms. The summed E-state index contributed by atoms with van der Waals surface area (Å²) in [6.07, 6.45) is 39.5. The smallest absolute Gasteiger partial charge is 0.336 e. The number of unbranched alkanes of at least 4 members (excludes halogenated alkanes) is 30. The Hall–Kier alpha value is -2.37. The van der Waals surface area contributed by atoms with Gasteiger partial charge in [-0.05, 0) is 55.2 Å². The Bertz CT molecular complexity index is 1120. The van der Waals surface area contributed by atoms with Crippen LogP contribution in [0.1, 0.15) is 280 Å². The second kappa shape index (κ2) is 33.9. The molecule has 0 amide bonds. The molecule has 312 valence electrons. The van der Waals surface area contributed by atoms with Crippen LogP contribution in [0.15, 0.2) is 0 Å². The van der Waals surface area contributed by atoms with Crippen LogP contribution in [0.25, 0.3) is 0 Å². The van der Waals surface area contributed by atoms with Crippen molar-refractivity contribution in [1.29, 1.82) is 0 Å². The Morgan fingerprint density at radius 2 is 0.463 bits per heavy atom. The summed E-state index contributed by atoms with van der Waals surface area (Å²) in [4.78, 5) is 38.9. The van der Waals surface area contributed by atoms with Gasteiger partial charge in [0, 0.05) is 0 Å². The minimum atomic E-state index is -1.32. The molecule has 0 saturated heterocycles. The second-order valence-electron chi connectivity index (χ2n) is 16.3. The van der Waals surface area contributed by atoms with Crippen molar-refractivity contribution < 1.29 is 29.7 Å². The molecule has 0 aliphatic carbocycles. The van der Waals surface area contributed by atoms with Gasteiger partial charge < -0.3 is 15.3 Å². The highest BCUT2D eigenvalue weighted by molar-refractivity contribution is 6.07. The molecule has 0 atom stereocenters. The van der Waals surface area contributed by atoms with Crippen molar-refractivity contribution >= 4 is 17.9 Å². The Morgan fingerprint density at radius 1 is 0.278 bits per heavy atom. The summed E-state index contributed by atoms with van der Waals surface area (Å²) in [5, 5.41) is 31.7. The van der Waals surface area contributed by atoms with Crippen molar-refractivity contribution in [2.75, 3.05) is 0 Å². The molecular formula is C48H84O6. The first-order valence-corrected chi connectivity index (χ1v) is 23.2. The van der Waals surface area contributed by atoms with E-state index >= 15 is 0 Å². The summed E-state index contributed by atoms with van der Waals surface area (Å²) in [5.74, 6) is -3.69. The Balaban J connectivity index is 3.08. The van der Waals surface area contributed by atoms with Crippen LogP contribution in [-0.4, -0.2) is 33.2 Å². The first kappa shape index (κ1) is 49.6. The molecule has 0 aliphatic heterocycles. The topological polar surface area (TPSA) is 112 Å². The molecule has 6 nitrogen and oxygen atoms in total. The van der Waals surface area contributed by atoms with Gasteiger partial charge in [0.15, 0.2) is 0 Å². The zero-order valence-corrected chi connectivity index (χ0v) is 35.5. The number of hydrogen-bond acceptors (Lipinski definition) is 3. The largest absolute Gasteiger partial charge is 0.478 e. The van der Waals surface area contributed by atoms with Crippen LogP contribution in [0.2, 0.25) is 0 Å². The summed E-state index contributed by atoms with van der Waals surface area (Å²) in [5.41, 5.74) is 0.913. The average molecular weight is 757 g/mol. The van der Waals surface area contributed by atoms with Crippen LogP contribution in [0.3, 0.4) is 0 Å². The zero-order chi connectivity index (χ0) is 39.7. The first-order valence-electron chi connectivity index (χ1n) is 23.2. The lowest BCUT2D eigenvalue weighted by atomic mass is 9.80. The predicted octanol–water partition coefficient (Wildman–Crippen LogP) is 15.3. The van der Waals surface area contributed by atoms with Gasteiger partial charge in [-0.1, -0.05) is 213 Å². The molecule has 0 unspecified atom stereocenters. The third-order valence-electron chi connectivity index (χ3n) is 11.6. The van der Waals surface area contributed by atoms with E-state index in [1.807, 2.05) is 0 Å². The molecule has 0 fully saturated rings. The molecule has 0 bridgehead atoms. The summed E-state index contributed by atoms with van der Waals surface area (Å²) in [6, 6.07) is 0. The van der Waals surface area contributed by atoms with Crippen molar-refractivity contribution in [3.63, 3.8) is 0 Å². The van der Waals surface area contributed by atoms with Crippen molar-refractivity contribution in [3.05, 3.63) is 33.4 Å². The molecule has 0 aromatic heterocycles. The van der Waals surface area contributed by atoms with Crippen molar-refractivity contribution in [1.82, 2.24) is 0 Å². The number of benzene rings is 1. The molecule has 0 aliphatic rings. The van der Waals surface area contributed by atoms with Gasteiger partial charge in [0.2, 0.25) is 0 Å². The fourth-order valence-electron chi connectivity index (χ4n) is 8.34. The minimum absolute atomic E-state index is 0.0784. The molecule has 6 heteroatoms. The highest BCUT2D eigenvalue weighted by atomic mass is 16.4. The molecular weight excluding hydrogens is 673 g/mol. The zero-order valence-electron chi connectivity index (χ0n) is 35.5. The number of carboxylic acid groups (broad SMARTS) is 3. The van der Waals surface area contributed by atoms with Crippen molar-refractivity contribution in [2.45, 2.75) is 252 Å². The third-order valence-corrected chi connectivity index (χ3v) is 11.6. The van der Waals surface area contributed by atoms with Crippen molar-refractivity contribution in [2.24, 2.45) is 0 Å². The normalized spacial score (nSPS) is 11.4. The molecule has 1 rings (SSSR count). The maximum absolute atomic E-state index is 13.1. The first-order chi connectivity index (χ1) is 26.3. The lowest BCUT2D eigenvalue weighted by Gasteiger charge is -2.22. The molecule has 0 radical (unpaired) electrons. The van der Waals surface area contributed by atoms with E-state index in [1.54, 1.807) is 0 Å². The van der Waals surface area contributed by atoms with Crippen LogP contribution in [-0.2, 0) is 19.3 Å². The third kappa shape index (κ3) is 22.2. The monoisotopic (exact) mass is 757 g/mol. The highest BCUT2D eigenvalue weighted by Crippen LogP contribution is 2.34. The van der Waals surface area contributed by atoms with Gasteiger partial charge in [-0.15, -0.1) is 0 Å². The van der Waals surface area contributed by atoms with E-state index in [9.17, 15) is 29.7 Å². The maximum Gasteiger partial charge on any atom is 0.336 e. The van der Waals surface area contributed by atoms with Gasteiger partial charge in [-0.25, -0.2) is 14.4 Å². The Morgan fingerprint density at radius 3 is 0.704 bits per heavy atom. The highest BCUT2D eigenvalue weighted by Gasteiger charge is 2.32. The van der Waals surface area contributed by atoms with E-state index in [4.69, 9.17) is 0 Å². The second-order valence-corrected chi connectivity index (χ2v) is 16.3. The van der Waals surface area contributed by atoms with Gasteiger partial charge >= 0.3 is 17.9 Å².